The van der Waals surface area contributed by atoms with E-state index in [4.69, 9.17) is 4.74 Å². The zero-order valence-electron chi connectivity index (χ0n) is 9.86. The standard InChI is InChI=1S/C11H21N3O/c1-4-7-12-10(9-15-3)11-6-8-13-14(11)5-2/h6,8,10,12H,4-5,7,9H2,1-3H3. The Hall–Kier alpha value is -0.870. The second kappa shape index (κ2) is 6.58. The Morgan fingerprint density at radius 2 is 2.33 bits per heavy atom. The van der Waals surface area contributed by atoms with E-state index in [1.54, 1.807) is 7.11 Å². The number of hydrogen-bond acceptors (Lipinski definition) is 3. The number of aromatic nitrogens is 2. The summed E-state index contributed by atoms with van der Waals surface area (Å²) in [6.45, 7) is 6.85. The minimum absolute atomic E-state index is 0.248. The van der Waals surface area contributed by atoms with Crippen molar-refractivity contribution in [1.29, 1.82) is 0 Å². The molecule has 1 aromatic heterocycles. The van der Waals surface area contributed by atoms with Gasteiger partial charge in [-0.2, -0.15) is 5.10 Å². The van der Waals surface area contributed by atoms with Crippen molar-refractivity contribution in [3.63, 3.8) is 0 Å². The SMILES string of the molecule is CCCNC(COC)c1ccnn1CC. The van der Waals surface area contributed by atoms with Crippen LogP contribution in [0.3, 0.4) is 0 Å². The lowest BCUT2D eigenvalue weighted by atomic mass is 10.2. The smallest absolute Gasteiger partial charge is 0.0729 e. The molecule has 4 nitrogen and oxygen atoms in total. The van der Waals surface area contributed by atoms with Crippen LogP contribution >= 0.6 is 0 Å². The molecule has 15 heavy (non-hydrogen) atoms. The number of hydrogen-bond donors (Lipinski definition) is 1. The van der Waals surface area contributed by atoms with E-state index in [-0.39, 0.29) is 6.04 Å². The van der Waals surface area contributed by atoms with E-state index in [0.717, 1.165) is 19.5 Å². The normalized spacial score (nSPS) is 13.0. The van der Waals surface area contributed by atoms with Crippen molar-refractivity contribution in [2.24, 2.45) is 0 Å². The minimum atomic E-state index is 0.248. The average Bonchev–Trinajstić information content (AvgIpc) is 2.72. The molecule has 1 N–H and O–H groups in total. The van der Waals surface area contributed by atoms with E-state index in [9.17, 15) is 0 Å². The molecule has 0 saturated carbocycles. The summed E-state index contributed by atoms with van der Waals surface area (Å²) in [7, 11) is 1.73. The Bertz CT molecular complexity index is 273. The van der Waals surface area contributed by atoms with E-state index in [1.807, 2.05) is 10.9 Å². The van der Waals surface area contributed by atoms with Crippen LogP contribution in [0.1, 0.15) is 32.0 Å². The highest BCUT2D eigenvalue weighted by atomic mass is 16.5. The summed E-state index contributed by atoms with van der Waals surface area (Å²) in [5.74, 6) is 0. The van der Waals surface area contributed by atoms with Crippen molar-refractivity contribution in [1.82, 2.24) is 15.1 Å². The van der Waals surface area contributed by atoms with Crippen molar-refractivity contribution < 1.29 is 4.74 Å². The van der Waals surface area contributed by atoms with Crippen LogP contribution in [0.25, 0.3) is 0 Å². The fraction of sp³-hybridized carbons (Fsp3) is 0.727. The summed E-state index contributed by atoms with van der Waals surface area (Å²) in [5.41, 5.74) is 1.20. The van der Waals surface area contributed by atoms with Gasteiger partial charge in [0.2, 0.25) is 0 Å². The first kappa shape index (κ1) is 12.2. The molecule has 1 unspecified atom stereocenters. The van der Waals surface area contributed by atoms with Crippen LogP contribution < -0.4 is 5.32 Å². The van der Waals surface area contributed by atoms with Crippen LogP contribution in [0.5, 0.6) is 0 Å². The van der Waals surface area contributed by atoms with Gasteiger partial charge in [-0.3, -0.25) is 4.68 Å². The predicted molar refractivity (Wildman–Crippen MR) is 60.8 cm³/mol. The molecule has 0 aliphatic carbocycles. The Morgan fingerprint density at radius 1 is 1.53 bits per heavy atom. The van der Waals surface area contributed by atoms with Gasteiger partial charge in [0.15, 0.2) is 0 Å². The molecule has 0 aliphatic heterocycles. The average molecular weight is 211 g/mol. The van der Waals surface area contributed by atoms with E-state index in [2.05, 4.69) is 30.3 Å². The highest BCUT2D eigenvalue weighted by molar-refractivity contribution is 5.07. The van der Waals surface area contributed by atoms with Crippen molar-refractivity contribution in [2.45, 2.75) is 32.9 Å². The Labute approximate surface area is 91.6 Å². The zero-order chi connectivity index (χ0) is 11.1. The van der Waals surface area contributed by atoms with E-state index >= 15 is 0 Å². The zero-order valence-corrected chi connectivity index (χ0v) is 9.86. The molecule has 0 aromatic carbocycles. The monoisotopic (exact) mass is 211 g/mol. The first-order valence-electron chi connectivity index (χ1n) is 5.57. The van der Waals surface area contributed by atoms with Gasteiger partial charge in [0, 0.05) is 19.9 Å². The lowest BCUT2D eigenvalue weighted by molar-refractivity contribution is 0.163. The molecule has 0 aliphatic rings. The fourth-order valence-corrected chi connectivity index (χ4v) is 1.64. The number of nitrogens with zero attached hydrogens (tertiary/aromatic N) is 2. The highest BCUT2D eigenvalue weighted by Gasteiger charge is 2.14. The second-order valence-electron chi connectivity index (χ2n) is 3.53. The minimum Gasteiger partial charge on any atom is -0.383 e. The quantitative estimate of drug-likeness (QED) is 0.744. The lowest BCUT2D eigenvalue weighted by Gasteiger charge is -2.18. The second-order valence-corrected chi connectivity index (χ2v) is 3.53. The fourth-order valence-electron chi connectivity index (χ4n) is 1.64. The number of aryl methyl sites for hydroxylation is 1. The van der Waals surface area contributed by atoms with Crippen LogP contribution in [-0.4, -0.2) is 30.0 Å². The summed E-state index contributed by atoms with van der Waals surface area (Å²) in [6.07, 6.45) is 2.97. The molecule has 0 saturated heterocycles. The van der Waals surface area contributed by atoms with E-state index < -0.39 is 0 Å². The Kier molecular flexibility index (Phi) is 5.36. The Morgan fingerprint density at radius 3 is 2.93 bits per heavy atom. The van der Waals surface area contributed by atoms with Crippen molar-refractivity contribution in [2.75, 3.05) is 20.3 Å². The maximum absolute atomic E-state index is 5.22. The number of methoxy groups -OCH3 is 1. The summed E-state index contributed by atoms with van der Waals surface area (Å²) in [5, 5.41) is 7.73. The maximum Gasteiger partial charge on any atom is 0.0729 e. The van der Waals surface area contributed by atoms with Crippen LogP contribution in [0.4, 0.5) is 0 Å². The van der Waals surface area contributed by atoms with E-state index in [0.29, 0.717) is 6.61 Å². The molecule has 4 heteroatoms. The molecule has 1 atom stereocenters. The van der Waals surface area contributed by atoms with Crippen molar-refractivity contribution >= 4 is 0 Å². The molecule has 0 bridgehead atoms. The van der Waals surface area contributed by atoms with Gasteiger partial charge in [0.05, 0.1) is 18.3 Å². The molecular formula is C11H21N3O. The van der Waals surface area contributed by atoms with Crippen LogP contribution in [-0.2, 0) is 11.3 Å². The molecule has 86 valence electrons. The van der Waals surface area contributed by atoms with Crippen LogP contribution in [0.2, 0.25) is 0 Å². The first-order chi connectivity index (χ1) is 7.33. The largest absolute Gasteiger partial charge is 0.383 e. The molecule has 0 fully saturated rings. The third-order valence-electron chi connectivity index (χ3n) is 2.38. The van der Waals surface area contributed by atoms with Gasteiger partial charge in [-0.1, -0.05) is 6.92 Å². The topological polar surface area (TPSA) is 39.1 Å². The predicted octanol–water partition coefficient (Wildman–Crippen LogP) is 1.59. The van der Waals surface area contributed by atoms with Gasteiger partial charge in [-0.15, -0.1) is 0 Å². The number of nitrogens with one attached hydrogen (secondary N) is 1. The molecule has 0 radical (unpaired) electrons. The summed E-state index contributed by atoms with van der Waals surface area (Å²) < 4.78 is 7.23. The summed E-state index contributed by atoms with van der Waals surface area (Å²) in [6, 6.07) is 2.30. The number of ether oxygens (including phenoxy) is 1. The van der Waals surface area contributed by atoms with Gasteiger partial charge >= 0.3 is 0 Å². The molecule has 0 spiro atoms. The van der Waals surface area contributed by atoms with Crippen molar-refractivity contribution in [3.05, 3.63) is 18.0 Å². The van der Waals surface area contributed by atoms with Gasteiger partial charge in [0.1, 0.15) is 0 Å². The third kappa shape index (κ3) is 3.32. The van der Waals surface area contributed by atoms with Crippen molar-refractivity contribution in [3.8, 4) is 0 Å². The highest BCUT2D eigenvalue weighted by Crippen LogP contribution is 2.12. The molecule has 1 aromatic rings. The Balaban J connectivity index is 2.69. The molecule has 0 amide bonds. The van der Waals surface area contributed by atoms with Crippen LogP contribution in [0, 0.1) is 0 Å². The van der Waals surface area contributed by atoms with Gasteiger partial charge in [-0.25, -0.2) is 0 Å². The lowest BCUT2D eigenvalue weighted by Crippen LogP contribution is -2.28. The van der Waals surface area contributed by atoms with Gasteiger partial charge < -0.3 is 10.1 Å². The first-order valence-corrected chi connectivity index (χ1v) is 5.57. The molecule has 1 heterocycles. The van der Waals surface area contributed by atoms with Crippen LogP contribution in [0.15, 0.2) is 12.3 Å². The third-order valence-corrected chi connectivity index (χ3v) is 2.38. The van der Waals surface area contributed by atoms with Gasteiger partial charge in [-0.05, 0) is 26.0 Å². The molecule has 1 rings (SSSR count). The number of rotatable bonds is 7. The maximum atomic E-state index is 5.22. The summed E-state index contributed by atoms with van der Waals surface area (Å²) >= 11 is 0. The molecular weight excluding hydrogens is 190 g/mol. The summed E-state index contributed by atoms with van der Waals surface area (Å²) in [4.78, 5) is 0. The van der Waals surface area contributed by atoms with Gasteiger partial charge in [0.25, 0.3) is 0 Å². The van der Waals surface area contributed by atoms with E-state index in [1.165, 1.54) is 5.69 Å².